The maximum atomic E-state index is 11.6. The van der Waals surface area contributed by atoms with E-state index in [2.05, 4.69) is 14.8 Å². The van der Waals surface area contributed by atoms with Gasteiger partial charge in [-0.3, -0.25) is 0 Å². The van der Waals surface area contributed by atoms with Gasteiger partial charge in [-0.05, 0) is 19.1 Å². The Morgan fingerprint density at radius 3 is 2.38 bits per heavy atom. The molecule has 1 aromatic carbocycles. The van der Waals surface area contributed by atoms with Crippen LogP contribution in [0.1, 0.15) is 15.9 Å². The fourth-order valence-corrected chi connectivity index (χ4v) is 1.52. The lowest BCUT2D eigenvalue weighted by Crippen LogP contribution is -2.17. The van der Waals surface area contributed by atoms with E-state index in [-0.39, 0.29) is 16.9 Å². The number of hydrogen-bond acceptors (Lipinski definition) is 6. The second-order valence-corrected chi connectivity index (χ2v) is 4.05. The predicted octanol–water partition coefficient (Wildman–Crippen LogP) is 1.34. The van der Waals surface area contributed by atoms with Gasteiger partial charge in [-0.15, -0.1) is 0 Å². The number of hydrogen-bond donors (Lipinski definition) is 2. The first-order valence-corrected chi connectivity index (χ1v) is 5.88. The van der Waals surface area contributed by atoms with Gasteiger partial charge in [0.2, 0.25) is 0 Å². The van der Waals surface area contributed by atoms with E-state index >= 15 is 0 Å². The summed E-state index contributed by atoms with van der Waals surface area (Å²) in [4.78, 5) is 34.1. The zero-order valence-corrected chi connectivity index (χ0v) is 11.8. The van der Waals surface area contributed by atoms with Gasteiger partial charge < -0.3 is 19.9 Å². The van der Waals surface area contributed by atoms with Crippen LogP contribution in [-0.4, -0.2) is 37.2 Å². The number of carbonyl (C=O) groups is 3. The van der Waals surface area contributed by atoms with Crippen LogP contribution in [0.15, 0.2) is 30.0 Å². The van der Waals surface area contributed by atoms with Crippen LogP contribution < -0.4 is 5.32 Å². The highest BCUT2D eigenvalue weighted by atomic mass is 16.5. The molecule has 0 aliphatic heterocycles. The van der Waals surface area contributed by atoms with E-state index in [1.165, 1.54) is 12.1 Å². The summed E-state index contributed by atoms with van der Waals surface area (Å²) < 4.78 is 8.96. The van der Waals surface area contributed by atoms with Crippen molar-refractivity contribution in [3.8, 4) is 0 Å². The Labute approximate surface area is 121 Å². The summed E-state index contributed by atoms with van der Waals surface area (Å²) in [6, 6.07) is 4.60. The monoisotopic (exact) mass is 293 g/mol. The maximum Gasteiger partial charge on any atom is 0.354 e. The fourth-order valence-electron chi connectivity index (χ4n) is 1.52. The van der Waals surface area contributed by atoms with Gasteiger partial charge in [-0.1, -0.05) is 11.6 Å². The highest BCUT2D eigenvalue weighted by Crippen LogP contribution is 2.19. The fraction of sp³-hybridized carbons (Fsp3) is 0.214. The smallest absolute Gasteiger partial charge is 0.354 e. The lowest BCUT2D eigenvalue weighted by atomic mass is 10.1. The summed E-state index contributed by atoms with van der Waals surface area (Å²) in [7, 11) is 2.30. The van der Waals surface area contributed by atoms with Gasteiger partial charge in [0.05, 0.1) is 31.5 Å². The Hall–Kier alpha value is -2.83. The van der Waals surface area contributed by atoms with Crippen LogP contribution in [0.5, 0.6) is 0 Å². The number of carboxylic acid groups (broad SMARTS) is 1. The summed E-state index contributed by atoms with van der Waals surface area (Å²) in [5.74, 6) is -2.76. The lowest BCUT2D eigenvalue weighted by Gasteiger charge is -2.12. The number of rotatable bonds is 5. The molecule has 0 spiro atoms. The summed E-state index contributed by atoms with van der Waals surface area (Å²) in [5, 5.41) is 11.7. The highest BCUT2D eigenvalue weighted by molar-refractivity contribution is 6.01. The van der Waals surface area contributed by atoms with E-state index in [0.717, 1.165) is 25.9 Å². The SMILES string of the molecule is COC(=O)/C=C(/Nc1ccc(C)cc1C(=O)O)C(=O)OC. The average molecular weight is 293 g/mol. The summed E-state index contributed by atoms with van der Waals surface area (Å²) in [6.45, 7) is 1.74. The zero-order valence-electron chi connectivity index (χ0n) is 11.8. The van der Waals surface area contributed by atoms with E-state index in [1.54, 1.807) is 13.0 Å². The predicted molar refractivity (Wildman–Crippen MR) is 73.9 cm³/mol. The van der Waals surface area contributed by atoms with Crippen molar-refractivity contribution in [2.24, 2.45) is 0 Å². The Kier molecular flexibility index (Phi) is 5.48. The van der Waals surface area contributed by atoms with Crippen molar-refractivity contribution in [3.05, 3.63) is 41.1 Å². The molecular formula is C14H15NO6. The molecule has 7 heteroatoms. The van der Waals surface area contributed by atoms with Gasteiger partial charge in [0, 0.05) is 0 Å². The molecule has 0 saturated heterocycles. The molecule has 112 valence electrons. The molecule has 2 N–H and O–H groups in total. The number of aryl methyl sites for hydroxylation is 1. The second kappa shape index (κ2) is 7.09. The van der Waals surface area contributed by atoms with Crippen LogP contribution >= 0.6 is 0 Å². The summed E-state index contributed by atoms with van der Waals surface area (Å²) >= 11 is 0. The molecule has 0 unspecified atom stereocenters. The molecule has 0 amide bonds. The van der Waals surface area contributed by atoms with Crippen molar-refractivity contribution in [1.29, 1.82) is 0 Å². The highest BCUT2D eigenvalue weighted by Gasteiger charge is 2.17. The molecule has 0 saturated carbocycles. The maximum absolute atomic E-state index is 11.6. The van der Waals surface area contributed by atoms with Gasteiger partial charge in [0.15, 0.2) is 0 Å². The Bertz CT molecular complexity index is 605. The van der Waals surface area contributed by atoms with Crippen LogP contribution in [0.2, 0.25) is 0 Å². The molecule has 0 fully saturated rings. The van der Waals surface area contributed by atoms with Gasteiger partial charge in [0.1, 0.15) is 5.70 Å². The normalized spacial score (nSPS) is 10.7. The van der Waals surface area contributed by atoms with Crippen molar-refractivity contribution in [1.82, 2.24) is 0 Å². The molecule has 0 aliphatic rings. The summed E-state index contributed by atoms with van der Waals surface area (Å²) in [5.41, 5.74) is 0.647. The van der Waals surface area contributed by atoms with Gasteiger partial charge >= 0.3 is 17.9 Å². The van der Waals surface area contributed by atoms with Gasteiger partial charge in [0.25, 0.3) is 0 Å². The Morgan fingerprint density at radius 1 is 1.19 bits per heavy atom. The topological polar surface area (TPSA) is 102 Å². The van der Waals surface area contributed by atoms with Crippen molar-refractivity contribution >= 4 is 23.6 Å². The molecule has 0 atom stereocenters. The number of esters is 2. The zero-order chi connectivity index (χ0) is 16.0. The first-order chi connectivity index (χ1) is 9.88. The minimum Gasteiger partial charge on any atom is -0.478 e. The minimum atomic E-state index is -1.16. The average Bonchev–Trinajstić information content (AvgIpc) is 2.46. The van der Waals surface area contributed by atoms with Gasteiger partial charge in [-0.25, -0.2) is 14.4 Å². The van der Waals surface area contributed by atoms with Crippen molar-refractivity contribution in [2.75, 3.05) is 19.5 Å². The lowest BCUT2D eigenvalue weighted by molar-refractivity contribution is -0.138. The number of methoxy groups -OCH3 is 2. The molecule has 1 rings (SSSR count). The number of benzene rings is 1. The van der Waals surface area contributed by atoms with Crippen LogP contribution in [-0.2, 0) is 19.1 Å². The first-order valence-electron chi connectivity index (χ1n) is 5.88. The minimum absolute atomic E-state index is 0.0327. The van der Waals surface area contributed by atoms with E-state index in [4.69, 9.17) is 5.11 Å². The molecule has 1 aromatic rings. The molecule has 0 heterocycles. The van der Waals surface area contributed by atoms with E-state index in [0.29, 0.717) is 0 Å². The van der Waals surface area contributed by atoms with Crippen LogP contribution in [0, 0.1) is 6.92 Å². The molecule has 21 heavy (non-hydrogen) atoms. The Morgan fingerprint density at radius 2 is 1.86 bits per heavy atom. The number of ether oxygens (including phenoxy) is 2. The molecule has 0 aromatic heterocycles. The number of nitrogens with one attached hydrogen (secondary N) is 1. The third kappa shape index (κ3) is 4.34. The molecule has 0 radical (unpaired) electrons. The van der Waals surface area contributed by atoms with Crippen LogP contribution in [0.3, 0.4) is 0 Å². The van der Waals surface area contributed by atoms with Crippen molar-refractivity contribution < 1.29 is 29.0 Å². The molecule has 7 nitrogen and oxygen atoms in total. The largest absolute Gasteiger partial charge is 0.478 e. The third-order valence-electron chi connectivity index (χ3n) is 2.54. The third-order valence-corrected chi connectivity index (χ3v) is 2.54. The van der Waals surface area contributed by atoms with E-state index < -0.39 is 17.9 Å². The summed E-state index contributed by atoms with van der Waals surface area (Å²) in [6.07, 6.45) is 0.886. The van der Waals surface area contributed by atoms with E-state index in [9.17, 15) is 14.4 Å². The standard InChI is InChI=1S/C14H15NO6/c1-8-4-5-10(9(6-8)13(17)18)15-11(14(19)21-3)7-12(16)20-2/h4-7,15H,1-3H3,(H,17,18)/b11-7+. The van der Waals surface area contributed by atoms with Crippen LogP contribution in [0.25, 0.3) is 0 Å². The van der Waals surface area contributed by atoms with Crippen LogP contribution in [0.4, 0.5) is 5.69 Å². The number of anilines is 1. The quantitative estimate of drug-likeness (QED) is 0.623. The second-order valence-electron chi connectivity index (χ2n) is 4.05. The first kappa shape index (κ1) is 16.2. The van der Waals surface area contributed by atoms with Crippen molar-refractivity contribution in [3.63, 3.8) is 0 Å². The molecule has 0 aliphatic carbocycles. The number of aromatic carboxylic acids is 1. The Balaban J connectivity index is 3.21. The number of carboxylic acids is 1. The molecular weight excluding hydrogens is 278 g/mol. The number of carbonyl (C=O) groups excluding carboxylic acids is 2. The van der Waals surface area contributed by atoms with Gasteiger partial charge in [-0.2, -0.15) is 0 Å². The van der Waals surface area contributed by atoms with E-state index in [1.807, 2.05) is 0 Å². The van der Waals surface area contributed by atoms with Crippen molar-refractivity contribution in [2.45, 2.75) is 6.92 Å². The molecule has 0 bridgehead atoms.